The van der Waals surface area contributed by atoms with Crippen molar-refractivity contribution in [2.75, 3.05) is 0 Å². The largest absolute Gasteiger partial charge is 0.478 e. The van der Waals surface area contributed by atoms with Crippen molar-refractivity contribution in [1.29, 1.82) is 0 Å². The summed E-state index contributed by atoms with van der Waals surface area (Å²) < 4.78 is 3.02. The van der Waals surface area contributed by atoms with Crippen molar-refractivity contribution in [3.05, 3.63) is 50.9 Å². The highest BCUT2D eigenvalue weighted by Gasteiger charge is 2.09. The molecule has 96 valence electrons. The molecular formula is C13H9BrN2O2S. The normalized spacial score (nSPS) is 11.0. The Hall–Kier alpha value is -1.66. The van der Waals surface area contributed by atoms with Crippen LogP contribution in [-0.2, 0) is 6.54 Å². The molecule has 2 heterocycles. The van der Waals surface area contributed by atoms with E-state index in [0.717, 1.165) is 15.5 Å². The summed E-state index contributed by atoms with van der Waals surface area (Å²) in [5, 5.41) is 11.1. The van der Waals surface area contributed by atoms with E-state index >= 15 is 0 Å². The average molecular weight is 337 g/mol. The Balaban J connectivity index is 2.03. The maximum Gasteiger partial charge on any atom is 0.335 e. The van der Waals surface area contributed by atoms with E-state index in [1.165, 1.54) is 4.88 Å². The zero-order valence-corrected chi connectivity index (χ0v) is 12.1. The van der Waals surface area contributed by atoms with Crippen LogP contribution in [0.2, 0.25) is 0 Å². The Morgan fingerprint density at radius 3 is 2.95 bits per heavy atom. The lowest BCUT2D eigenvalue weighted by Crippen LogP contribution is -1.99. The van der Waals surface area contributed by atoms with Crippen molar-refractivity contribution >= 4 is 44.3 Å². The Labute approximate surface area is 121 Å². The zero-order valence-electron chi connectivity index (χ0n) is 9.71. The fourth-order valence-electron chi connectivity index (χ4n) is 1.92. The topological polar surface area (TPSA) is 55.1 Å². The number of carboxylic acids is 1. The third-order valence-corrected chi connectivity index (χ3v) is 4.50. The molecule has 3 aromatic rings. The van der Waals surface area contributed by atoms with E-state index in [4.69, 9.17) is 5.11 Å². The van der Waals surface area contributed by atoms with Gasteiger partial charge in [-0.25, -0.2) is 9.78 Å². The lowest BCUT2D eigenvalue weighted by Gasteiger charge is -2.02. The fraction of sp³-hybridized carbons (Fsp3) is 0.0769. The second-order valence-corrected chi connectivity index (χ2v) is 6.02. The number of rotatable bonds is 3. The fourth-order valence-corrected chi connectivity index (χ4v) is 3.37. The first-order valence-electron chi connectivity index (χ1n) is 5.54. The van der Waals surface area contributed by atoms with Crippen LogP contribution in [-0.4, -0.2) is 20.6 Å². The summed E-state index contributed by atoms with van der Waals surface area (Å²) in [4.78, 5) is 16.5. The molecule has 0 saturated heterocycles. The molecule has 0 saturated carbocycles. The van der Waals surface area contributed by atoms with Crippen molar-refractivity contribution in [2.24, 2.45) is 0 Å². The molecule has 0 aliphatic heterocycles. The predicted molar refractivity (Wildman–Crippen MR) is 77.8 cm³/mol. The Kier molecular flexibility index (Phi) is 3.12. The van der Waals surface area contributed by atoms with Gasteiger partial charge in [0.15, 0.2) is 0 Å². The monoisotopic (exact) mass is 336 g/mol. The quantitative estimate of drug-likeness (QED) is 0.794. The molecule has 4 nitrogen and oxygen atoms in total. The molecule has 0 amide bonds. The van der Waals surface area contributed by atoms with Gasteiger partial charge in [0.1, 0.15) is 0 Å². The van der Waals surface area contributed by atoms with Crippen LogP contribution in [0.4, 0.5) is 0 Å². The molecule has 1 N–H and O–H groups in total. The van der Waals surface area contributed by atoms with Crippen molar-refractivity contribution in [1.82, 2.24) is 9.55 Å². The van der Waals surface area contributed by atoms with Crippen LogP contribution < -0.4 is 0 Å². The highest BCUT2D eigenvalue weighted by atomic mass is 79.9. The van der Waals surface area contributed by atoms with Crippen molar-refractivity contribution < 1.29 is 9.90 Å². The number of aromatic carboxylic acids is 1. The number of aromatic nitrogens is 2. The number of carbonyl (C=O) groups is 1. The van der Waals surface area contributed by atoms with Gasteiger partial charge < -0.3 is 9.67 Å². The van der Waals surface area contributed by atoms with Crippen molar-refractivity contribution in [3.63, 3.8) is 0 Å². The minimum atomic E-state index is -0.923. The predicted octanol–water partition coefficient (Wildman–Crippen LogP) is 3.61. The summed E-state index contributed by atoms with van der Waals surface area (Å²) in [5.41, 5.74) is 1.92. The van der Waals surface area contributed by atoms with Gasteiger partial charge in [0.2, 0.25) is 0 Å². The molecule has 0 radical (unpaired) electrons. The first-order valence-corrected chi connectivity index (χ1v) is 7.22. The van der Waals surface area contributed by atoms with Gasteiger partial charge in [0.25, 0.3) is 0 Å². The Morgan fingerprint density at radius 2 is 2.26 bits per heavy atom. The number of thiophene rings is 1. The molecule has 0 aliphatic rings. The number of hydrogen-bond acceptors (Lipinski definition) is 3. The Morgan fingerprint density at radius 1 is 1.42 bits per heavy atom. The van der Waals surface area contributed by atoms with Crippen LogP contribution in [0.15, 0.2) is 40.4 Å². The summed E-state index contributed by atoms with van der Waals surface area (Å²) in [6.07, 6.45) is 1.74. The molecule has 0 aliphatic carbocycles. The molecule has 2 aromatic heterocycles. The molecule has 6 heteroatoms. The number of fused-ring (bicyclic) bond motifs is 1. The number of imidazole rings is 1. The maximum atomic E-state index is 11.0. The molecule has 1 aromatic carbocycles. The standard InChI is InChI=1S/C13H9BrN2O2S/c14-9-4-10(19-6-9)5-16-7-15-11-2-1-8(13(17)18)3-12(11)16/h1-4,6-7H,5H2,(H,17,18). The lowest BCUT2D eigenvalue weighted by atomic mass is 10.2. The summed E-state index contributed by atoms with van der Waals surface area (Å²) in [6, 6.07) is 7.02. The van der Waals surface area contributed by atoms with Gasteiger partial charge in [0, 0.05) is 14.7 Å². The molecule has 3 rings (SSSR count). The number of nitrogens with zero attached hydrogens (tertiary/aromatic N) is 2. The van der Waals surface area contributed by atoms with Gasteiger partial charge in [-0.05, 0) is 40.2 Å². The highest BCUT2D eigenvalue weighted by molar-refractivity contribution is 9.10. The minimum Gasteiger partial charge on any atom is -0.478 e. The van der Waals surface area contributed by atoms with E-state index in [2.05, 4.69) is 27.0 Å². The van der Waals surface area contributed by atoms with E-state index < -0.39 is 5.97 Å². The zero-order chi connectivity index (χ0) is 13.4. The summed E-state index contributed by atoms with van der Waals surface area (Å²) in [5.74, 6) is -0.923. The molecule has 0 fully saturated rings. The maximum absolute atomic E-state index is 11.0. The van der Waals surface area contributed by atoms with Crippen LogP contribution in [0.5, 0.6) is 0 Å². The van der Waals surface area contributed by atoms with Gasteiger partial charge in [-0.3, -0.25) is 0 Å². The van der Waals surface area contributed by atoms with Gasteiger partial charge in [-0.1, -0.05) is 0 Å². The van der Waals surface area contributed by atoms with Crippen molar-refractivity contribution in [2.45, 2.75) is 6.54 Å². The SMILES string of the molecule is O=C(O)c1ccc2ncn(Cc3cc(Br)cs3)c2c1. The second-order valence-electron chi connectivity index (χ2n) is 4.11. The Bertz CT molecular complexity index is 763. The van der Waals surface area contributed by atoms with E-state index in [-0.39, 0.29) is 5.56 Å². The van der Waals surface area contributed by atoms with Crippen LogP contribution in [0.25, 0.3) is 11.0 Å². The van der Waals surface area contributed by atoms with E-state index in [9.17, 15) is 4.79 Å². The first-order chi connectivity index (χ1) is 9.13. The molecule has 0 bridgehead atoms. The van der Waals surface area contributed by atoms with Crippen LogP contribution in [0, 0.1) is 0 Å². The van der Waals surface area contributed by atoms with Crippen LogP contribution in [0.3, 0.4) is 0 Å². The third-order valence-electron chi connectivity index (χ3n) is 2.82. The minimum absolute atomic E-state index is 0.279. The summed E-state index contributed by atoms with van der Waals surface area (Å²) in [6.45, 7) is 0.690. The van der Waals surface area contributed by atoms with Gasteiger partial charge in [0.05, 0.1) is 29.5 Å². The van der Waals surface area contributed by atoms with E-state index in [0.29, 0.717) is 6.54 Å². The van der Waals surface area contributed by atoms with E-state index in [1.54, 1.807) is 35.9 Å². The molecule has 19 heavy (non-hydrogen) atoms. The number of benzene rings is 1. The lowest BCUT2D eigenvalue weighted by molar-refractivity contribution is 0.0697. The molecule has 0 unspecified atom stereocenters. The number of carboxylic acid groups (broad SMARTS) is 1. The van der Waals surface area contributed by atoms with Crippen LogP contribution >= 0.6 is 27.3 Å². The smallest absolute Gasteiger partial charge is 0.335 e. The highest BCUT2D eigenvalue weighted by Crippen LogP contribution is 2.22. The van der Waals surface area contributed by atoms with E-state index in [1.807, 2.05) is 9.95 Å². The molecule has 0 spiro atoms. The summed E-state index contributed by atoms with van der Waals surface area (Å²) in [7, 11) is 0. The average Bonchev–Trinajstić information content (AvgIpc) is 2.96. The van der Waals surface area contributed by atoms with Gasteiger partial charge in [-0.2, -0.15) is 0 Å². The number of hydrogen-bond donors (Lipinski definition) is 1. The van der Waals surface area contributed by atoms with Gasteiger partial charge >= 0.3 is 5.97 Å². The number of halogens is 1. The van der Waals surface area contributed by atoms with Crippen LogP contribution in [0.1, 0.15) is 15.2 Å². The molecular weight excluding hydrogens is 328 g/mol. The van der Waals surface area contributed by atoms with Gasteiger partial charge in [-0.15, -0.1) is 11.3 Å². The molecule has 0 atom stereocenters. The third kappa shape index (κ3) is 2.41. The second kappa shape index (κ2) is 4.79. The first kappa shape index (κ1) is 12.4. The summed E-state index contributed by atoms with van der Waals surface area (Å²) >= 11 is 5.08. The van der Waals surface area contributed by atoms with Crippen molar-refractivity contribution in [3.8, 4) is 0 Å².